The number of ether oxygens (including phenoxy) is 1. The first-order valence-corrected chi connectivity index (χ1v) is 11.9. The fraction of sp³-hybridized carbons (Fsp3) is 0.762. The SMILES string of the molecule is O=C(O)CN1CCN(CC(=O)O)CC[N+]2(C=C(O)C(C(F)(F)F)(C(F)(F)F)C(F)(F)F)CCN(CC1)CC(=O)OC2. The molecule has 0 radical (unpaired) electrons. The lowest BCUT2D eigenvalue weighted by molar-refractivity contribution is -0.897. The Balaban J connectivity index is 2.67. The molecule has 11 nitrogen and oxygen atoms in total. The summed E-state index contributed by atoms with van der Waals surface area (Å²) in [7, 11) is 0. The van der Waals surface area contributed by atoms with Gasteiger partial charge in [0.15, 0.2) is 5.76 Å². The van der Waals surface area contributed by atoms with E-state index in [1.165, 1.54) is 9.80 Å². The lowest BCUT2D eigenvalue weighted by Crippen LogP contribution is -2.62. The number of carbonyl (C=O) groups is 3. The van der Waals surface area contributed by atoms with Crippen molar-refractivity contribution in [2.75, 3.05) is 78.7 Å². The third kappa shape index (κ3) is 8.13. The Kier molecular flexibility index (Phi) is 10.5. The van der Waals surface area contributed by atoms with E-state index in [4.69, 9.17) is 9.84 Å². The molecule has 2 saturated heterocycles. The number of nitrogens with zero attached hydrogens (tertiary/aromatic N) is 4. The van der Waals surface area contributed by atoms with Crippen LogP contribution < -0.4 is 0 Å². The van der Waals surface area contributed by atoms with E-state index in [2.05, 4.69) is 0 Å². The van der Waals surface area contributed by atoms with Crippen molar-refractivity contribution in [2.45, 2.75) is 18.5 Å². The Morgan fingerprint density at radius 3 is 1.66 bits per heavy atom. The molecule has 2 aliphatic heterocycles. The average molecular weight is 619 g/mol. The number of aliphatic carboxylic acids is 2. The van der Waals surface area contributed by atoms with Gasteiger partial charge in [0.05, 0.1) is 32.7 Å². The van der Waals surface area contributed by atoms with Crippen LogP contribution in [0.25, 0.3) is 0 Å². The highest BCUT2D eigenvalue weighted by Crippen LogP contribution is 2.62. The Bertz CT molecular complexity index is 965. The van der Waals surface area contributed by atoms with Crippen LogP contribution in [0.5, 0.6) is 0 Å². The molecule has 2 rings (SSSR count). The number of fused-ring (bicyclic) bond motifs is 3. The standard InChI is InChI=1S/C21H27F9N4O7/c22-19(23,24)18(20(25,26)27,21(28,29)30)14(35)12-34-7-5-32(10-16(38)39)3-1-31(9-15(36)37)2-4-33(6-8-34)11-17(40)41-13-34/h12H,1-11,13H2,(H2-,35,36,37,38,39)/p+1. The maximum Gasteiger partial charge on any atom is 0.419 e. The number of hydrogen-bond donors (Lipinski definition) is 3. The molecule has 0 saturated carbocycles. The van der Waals surface area contributed by atoms with Crippen LogP contribution in [0, 0.1) is 5.41 Å². The van der Waals surface area contributed by atoms with Crippen LogP contribution >= 0.6 is 0 Å². The van der Waals surface area contributed by atoms with Gasteiger partial charge in [-0.25, -0.2) is 0 Å². The van der Waals surface area contributed by atoms with Crippen LogP contribution in [0.4, 0.5) is 39.5 Å². The molecule has 0 aromatic heterocycles. The van der Waals surface area contributed by atoms with Crippen molar-refractivity contribution in [2.24, 2.45) is 5.41 Å². The number of hydrogen-bond acceptors (Lipinski definition) is 8. The van der Waals surface area contributed by atoms with Crippen LogP contribution in [0.15, 0.2) is 12.0 Å². The zero-order chi connectivity index (χ0) is 31.4. The Labute approximate surface area is 226 Å². The maximum absolute atomic E-state index is 13.7. The van der Waals surface area contributed by atoms with E-state index in [0.717, 1.165) is 4.90 Å². The largest absolute Gasteiger partial charge is 0.506 e. The first-order valence-electron chi connectivity index (χ1n) is 11.9. The molecule has 20 heteroatoms. The third-order valence-corrected chi connectivity index (χ3v) is 6.80. The fourth-order valence-corrected chi connectivity index (χ4v) is 4.55. The molecular formula is C21H28F9N4O7+. The van der Waals surface area contributed by atoms with Gasteiger partial charge in [-0.05, 0) is 0 Å². The quantitative estimate of drug-likeness (QED) is 0.174. The molecule has 0 amide bonds. The van der Waals surface area contributed by atoms with Gasteiger partial charge in [0.25, 0.3) is 0 Å². The number of alkyl halides is 9. The van der Waals surface area contributed by atoms with Gasteiger partial charge in [0, 0.05) is 39.3 Å². The van der Waals surface area contributed by atoms with Gasteiger partial charge in [-0.15, -0.1) is 0 Å². The zero-order valence-electron chi connectivity index (χ0n) is 21.2. The van der Waals surface area contributed by atoms with Crippen molar-refractivity contribution in [1.29, 1.82) is 0 Å². The maximum atomic E-state index is 13.7. The fourth-order valence-electron chi connectivity index (χ4n) is 4.55. The van der Waals surface area contributed by atoms with Crippen LogP contribution in [-0.2, 0) is 19.1 Å². The first-order chi connectivity index (χ1) is 18.6. The normalized spacial score (nSPS) is 25.4. The van der Waals surface area contributed by atoms with Gasteiger partial charge < -0.3 is 20.1 Å². The van der Waals surface area contributed by atoms with E-state index in [-0.39, 0.29) is 38.9 Å². The predicted molar refractivity (Wildman–Crippen MR) is 117 cm³/mol. The summed E-state index contributed by atoms with van der Waals surface area (Å²) in [5.74, 6) is -6.81. The molecule has 0 aromatic carbocycles. The number of halogens is 9. The predicted octanol–water partition coefficient (Wildman–Crippen LogP) is 1.48. The summed E-state index contributed by atoms with van der Waals surface area (Å²) in [4.78, 5) is 38.8. The minimum atomic E-state index is -7.09. The number of quaternary nitrogens is 1. The number of carboxylic acids is 2. The number of carbonyl (C=O) groups excluding carboxylic acids is 1. The van der Waals surface area contributed by atoms with E-state index < -0.39 is 98.1 Å². The lowest BCUT2D eigenvalue weighted by atomic mass is 9.83. The Morgan fingerprint density at radius 1 is 0.756 bits per heavy atom. The molecule has 0 spiro atoms. The van der Waals surface area contributed by atoms with Crippen LogP contribution in [0.3, 0.4) is 0 Å². The van der Waals surface area contributed by atoms with Crippen LogP contribution in [0.1, 0.15) is 0 Å². The van der Waals surface area contributed by atoms with E-state index in [9.17, 15) is 64.1 Å². The number of aliphatic hydroxyl groups excluding tert-OH is 1. The first kappa shape index (κ1) is 34.4. The number of rotatable bonds is 6. The molecule has 2 bridgehead atoms. The molecule has 2 heterocycles. The van der Waals surface area contributed by atoms with Crippen molar-refractivity contribution in [3.05, 3.63) is 12.0 Å². The van der Waals surface area contributed by atoms with Gasteiger partial charge in [-0.1, -0.05) is 0 Å². The highest BCUT2D eigenvalue weighted by Gasteiger charge is 2.87. The summed E-state index contributed by atoms with van der Waals surface area (Å²) >= 11 is 0. The molecule has 0 aliphatic carbocycles. The van der Waals surface area contributed by atoms with Crippen molar-refractivity contribution in [3.63, 3.8) is 0 Å². The Hall–Kier alpha value is -2.84. The molecule has 3 N–H and O–H groups in total. The smallest absolute Gasteiger partial charge is 0.419 e. The van der Waals surface area contributed by atoms with E-state index in [1.807, 2.05) is 0 Å². The molecule has 0 aromatic rings. The summed E-state index contributed by atoms with van der Waals surface area (Å²) < 4.78 is 126. The molecule has 2 atom stereocenters. The highest BCUT2D eigenvalue weighted by molar-refractivity contribution is 5.71. The summed E-state index contributed by atoms with van der Waals surface area (Å²) in [5, 5.41) is 28.5. The number of esters is 1. The average Bonchev–Trinajstić information content (AvgIpc) is 2.75. The summed E-state index contributed by atoms with van der Waals surface area (Å²) in [6, 6.07) is 0. The molecular weight excluding hydrogens is 591 g/mol. The molecule has 2 unspecified atom stereocenters. The summed E-state index contributed by atoms with van der Waals surface area (Å²) in [5.41, 5.74) is -6.67. The topological polar surface area (TPSA) is 131 Å². The van der Waals surface area contributed by atoms with Crippen LogP contribution in [0.2, 0.25) is 0 Å². The van der Waals surface area contributed by atoms with Crippen molar-refractivity contribution in [1.82, 2.24) is 14.7 Å². The third-order valence-electron chi connectivity index (χ3n) is 6.80. The number of allylic oxidation sites excluding steroid dienone is 1. The monoisotopic (exact) mass is 619 g/mol. The van der Waals surface area contributed by atoms with Gasteiger partial charge in [-0.2, -0.15) is 39.5 Å². The minimum absolute atomic E-state index is 0.0269. The number of aliphatic hydroxyl groups is 1. The van der Waals surface area contributed by atoms with E-state index in [1.54, 1.807) is 0 Å². The number of carboxylic acid groups (broad SMARTS) is 2. The second-order valence-corrected chi connectivity index (χ2v) is 9.68. The van der Waals surface area contributed by atoms with Crippen molar-refractivity contribution >= 4 is 17.9 Å². The molecule has 2 aliphatic rings. The van der Waals surface area contributed by atoms with E-state index >= 15 is 0 Å². The Morgan fingerprint density at radius 2 is 1.20 bits per heavy atom. The second kappa shape index (κ2) is 12.6. The zero-order valence-corrected chi connectivity index (χ0v) is 21.2. The molecule has 41 heavy (non-hydrogen) atoms. The van der Waals surface area contributed by atoms with Gasteiger partial charge in [-0.3, -0.25) is 33.6 Å². The summed E-state index contributed by atoms with van der Waals surface area (Å²) in [6.07, 6.45) is -21.6. The van der Waals surface area contributed by atoms with Gasteiger partial charge in [0.1, 0.15) is 6.20 Å². The van der Waals surface area contributed by atoms with Crippen molar-refractivity contribution < 1.29 is 78.4 Å². The lowest BCUT2D eigenvalue weighted by Gasteiger charge is -2.42. The number of cyclic esters (lactones) is 1. The minimum Gasteiger partial charge on any atom is -0.506 e. The molecule has 236 valence electrons. The summed E-state index contributed by atoms with van der Waals surface area (Å²) in [6.45, 7) is -5.08. The van der Waals surface area contributed by atoms with Gasteiger partial charge in [0.2, 0.25) is 6.73 Å². The second-order valence-electron chi connectivity index (χ2n) is 9.68. The van der Waals surface area contributed by atoms with Gasteiger partial charge >= 0.3 is 41.9 Å². The highest BCUT2D eigenvalue weighted by atomic mass is 19.4. The van der Waals surface area contributed by atoms with Crippen LogP contribution in [-0.4, -0.2) is 150 Å². The van der Waals surface area contributed by atoms with Crippen molar-refractivity contribution in [3.8, 4) is 0 Å². The van der Waals surface area contributed by atoms with E-state index in [0.29, 0.717) is 0 Å². The molecule has 2 fully saturated rings.